The second-order valence-electron chi connectivity index (χ2n) is 6.20. The van der Waals surface area contributed by atoms with Gasteiger partial charge in [0.2, 0.25) is 0 Å². The van der Waals surface area contributed by atoms with E-state index in [9.17, 15) is 13.2 Å². The Balaban J connectivity index is 0.000000345. The first-order chi connectivity index (χ1) is 13.1. The van der Waals surface area contributed by atoms with Crippen molar-refractivity contribution in [2.75, 3.05) is 6.54 Å². The van der Waals surface area contributed by atoms with Gasteiger partial charge in [0.25, 0.3) is 0 Å². The van der Waals surface area contributed by atoms with Crippen molar-refractivity contribution < 1.29 is 23.1 Å². The highest BCUT2D eigenvalue weighted by molar-refractivity contribution is 7.19. The number of nitrogens with zero attached hydrogens (tertiary/aromatic N) is 3. The van der Waals surface area contributed by atoms with Crippen molar-refractivity contribution in [3.63, 3.8) is 0 Å². The van der Waals surface area contributed by atoms with Crippen LogP contribution in [0.5, 0.6) is 0 Å². The molecule has 0 spiro atoms. The molecule has 3 heterocycles. The fourth-order valence-corrected chi connectivity index (χ4v) is 3.59. The number of carboxylic acid groups (broad SMARTS) is 1. The van der Waals surface area contributed by atoms with Crippen LogP contribution in [0.3, 0.4) is 0 Å². The molecule has 3 aromatic heterocycles. The molecule has 1 atom stereocenters. The summed E-state index contributed by atoms with van der Waals surface area (Å²) in [5.41, 5.74) is 2.44. The summed E-state index contributed by atoms with van der Waals surface area (Å²) in [7, 11) is 1.97. The van der Waals surface area contributed by atoms with Gasteiger partial charge >= 0.3 is 12.1 Å². The van der Waals surface area contributed by atoms with E-state index in [2.05, 4.69) is 47.6 Å². The molecule has 0 aliphatic carbocycles. The molecule has 1 unspecified atom stereocenters. The molecule has 0 saturated carbocycles. The molecule has 0 aromatic carbocycles. The maximum atomic E-state index is 10.6. The summed E-state index contributed by atoms with van der Waals surface area (Å²) in [6, 6.07) is 4.69. The summed E-state index contributed by atoms with van der Waals surface area (Å²) >= 11 is 1.82. The van der Waals surface area contributed by atoms with Gasteiger partial charge in [0.15, 0.2) is 0 Å². The van der Waals surface area contributed by atoms with Crippen LogP contribution in [0.25, 0.3) is 10.1 Å². The monoisotopic (exact) mass is 414 g/mol. The van der Waals surface area contributed by atoms with E-state index < -0.39 is 12.1 Å². The first-order valence-corrected chi connectivity index (χ1v) is 9.25. The van der Waals surface area contributed by atoms with Gasteiger partial charge in [-0.05, 0) is 49.9 Å². The molecular weight excluding hydrogens is 393 g/mol. The van der Waals surface area contributed by atoms with E-state index in [4.69, 9.17) is 9.90 Å². The average Bonchev–Trinajstić information content (AvgIpc) is 3.17. The largest absolute Gasteiger partial charge is 0.490 e. The molecule has 0 bridgehead atoms. The van der Waals surface area contributed by atoms with Crippen molar-refractivity contribution in [2.45, 2.75) is 32.5 Å². The van der Waals surface area contributed by atoms with Crippen LogP contribution in [0, 0.1) is 6.92 Å². The van der Waals surface area contributed by atoms with Crippen molar-refractivity contribution in [3.8, 4) is 0 Å². The lowest BCUT2D eigenvalue weighted by atomic mass is 10.2. The number of aryl methyl sites for hydroxylation is 2. The summed E-state index contributed by atoms with van der Waals surface area (Å²) < 4.78 is 34.9. The standard InChI is InChI=1S/C16H20N4S.C2HF3O2/c1-11-14(10-20(3)19-11)5-7-18-12(2)15-8-13-4-6-17-9-16(13)21-15;3-2(4,5)1(6)7/h4,6,8-10,12,18H,5,7H2,1-3H3;(H,6,7). The number of aliphatic carboxylic acids is 1. The van der Waals surface area contributed by atoms with E-state index >= 15 is 0 Å². The summed E-state index contributed by atoms with van der Waals surface area (Å²) in [5.74, 6) is -2.76. The predicted molar refractivity (Wildman–Crippen MR) is 101 cm³/mol. The molecule has 0 radical (unpaired) electrons. The van der Waals surface area contributed by atoms with Gasteiger partial charge in [0.05, 0.1) is 10.4 Å². The van der Waals surface area contributed by atoms with Gasteiger partial charge in [0, 0.05) is 36.6 Å². The third-order valence-corrected chi connectivity index (χ3v) is 5.24. The minimum atomic E-state index is -5.08. The molecule has 0 aliphatic rings. The Morgan fingerprint density at radius 1 is 1.43 bits per heavy atom. The normalized spacial score (nSPS) is 12.5. The number of thiophene rings is 1. The van der Waals surface area contributed by atoms with Crippen LogP contribution in [0.1, 0.15) is 29.1 Å². The number of pyridine rings is 1. The van der Waals surface area contributed by atoms with Crippen LogP contribution in [-0.4, -0.2) is 38.6 Å². The van der Waals surface area contributed by atoms with Crippen LogP contribution in [0.4, 0.5) is 13.2 Å². The summed E-state index contributed by atoms with van der Waals surface area (Å²) in [6.45, 7) is 5.24. The lowest BCUT2D eigenvalue weighted by molar-refractivity contribution is -0.192. The Morgan fingerprint density at radius 3 is 2.64 bits per heavy atom. The first kappa shape index (κ1) is 21.8. The van der Waals surface area contributed by atoms with Crippen molar-refractivity contribution in [3.05, 3.63) is 46.9 Å². The SMILES string of the molecule is Cc1nn(C)cc1CCNC(C)c1cc2ccncc2s1.O=C(O)C(F)(F)F. The fourth-order valence-electron chi connectivity index (χ4n) is 2.54. The fraction of sp³-hybridized carbons (Fsp3) is 0.389. The van der Waals surface area contributed by atoms with E-state index in [1.807, 2.05) is 35.5 Å². The maximum Gasteiger partial charge on any atom is 0.490 e. The molecule has 10 heteroatoms. The molecule has 6 nitrogen and oxygen atoms in total. The molecule has 152 valence electrons. The number of carbonyl (C=O) groups is 1. The molecule has 28 heavy (non-hydrogen) atoms. The lowest BCUT2D eigenvalue weighted by Crippen LogP contribution is -2.21. The zero-order valence-corrected chi connectivity index (χ0v) is 16.4. The van der Waals surface area contributed by atoms with Crippen LogP contribution < -0.4 is 5.32 Å². The molecule has 3 rings (SSSR count). The van der Waals surface area contributed by atoms with Crippen molar-refractivity contribution >= 4 is 27.4 Å². The number of rotatable bonds is 5. The lowest BCUT2D eigenvalue weighted by Gasteiger charge is -2.11. The van der Waals surface area contributed by atoms with Crippen molar-refractivity contribution in [1.82, 2.24) is 20.1 Å². The minimum Gasteiger partial charge on any atom is -0.475 e. The Labute approximate surface area is 164 Å². The predicted octanol–water partition coefficient (Wildman–Crippen LogP) is 3.86. The van der Waals surface area contributed by atoms with Gasteiger partial charge in [-0.15, -0.1) is 11.3 Å². The smallest absolute Gasteiger partial charge is 0.475 e. The van der Waals surface area contributed by atoms with Gasteiger partial charge in [-0.1, -0.05) is 0 Å². The second kappa shape index (κ2) is 9.16. The number of nitrogens with one attached hydrogen (secondary N) is 1. The van der Waals surface area contributed by atoms with Crippen molar-refractivity contribution in [2.24, 2.45) is 7.05 Å². The van der Waals surface area contributed by atoms with Crippen molar-refractivity contribution in [1.29, 1.82) is 0 Å². The Hall–Kier alpha value is -2.46. The summed E-state index contributed by atoms with van der Waals surface area (Å²) in [6.07, 6.45) is 1.82. The van der Waals surface area contributed by atoms with E-state index in [0.717, 1.165) is 18.7 Å². The number of alkyl halides is 3. The third kappa shape index (κ3) is 6.03. The van der Waals surface area contributed by atoms with Gasteiger partial charge < -0.3 is 10.4 Å². The van der Waals surface area contributed by atoms with E-state index in [0.29, 0.717) is 6.04 Å². The third-order valence-electron chi connectivity index (χ3n) is 3.97. The molecule has 0 saturated heterocycles. The van der Waals surface area contributed by atoms with Gasteiger partial charge in [0.1, 0.15) is 0 Å². The van der Waals surface area contributed by atoms with Crippen LogP contribution >= 0.6 is 11.3 Å². The number of aromatic nitrogens is 3. The topological polar surface area (TPSA) is 80.0 Å². The zero-order valence-electron chi connectivity index (χ0n) is 15.6. The highest BCUT2D eigenvalue weighted by Gasteiger charge is 2.38. The Bertz CT molecular complexity index is 903. The molecule has 0 amide bonds. The zero-order chi connectivity index (χ0) is 20.9. The van der Waals surface area contributed by atoms with E-state index in [-0.39, 0.29) is 0 Å². The second-order valence-corrected chi connectivity index (χ2v) is 7.32. The van der Waals surface area contributed by atoms with Gasteiger partial charge in [-0.25, -0.2) is 4.79 Å². The Morgan fingerprint density at radius 2 is 2.11 bits per heavy atom. The average molecular weight is 414 g/mol. The molecule has 2 N–H and O–H groups in total. The number of hydrogen-bond donors (Lipinski definition) is 2. The summed E-state index contributed by atoms with van der Waals surface area (Å²) in [5, 5.41) is 16.4. The van der Waals surface area contributed by atoms with Gasteiger partial charge in [-0.3, -0.25) is 9.67 Å². The number of hydrogen-bond acceptors (Lipinski definition) is 5. The highest BCUT2D eigenvalue weighted by Crippen LogP contribution is 2.28. The minimum absolute atomic E-state index is 0.361. The molecule has 0 fully saturated rings. The van der Waals surface area contributed by atoms with Crippen LogP contribution in [-0.2, 0) is 18.3 Å². The van der Waals surface area contributed by atoms with Crippen LogP contribution in [0.2, 0.25) is 0 Å². The number of halogens is 3. The van der Waals surface area contributed by atoms with E-state index in [1.165, 1.54) is 20.5 Å². The summed E-state index contributed by atoms with van der Waals surface area (Å²) in [4.78, 5) is 14.4. The first-order valence-electron chi connectivity index (χ1n) is 8.44. The number of carboxylic acids is 1. The molecular formula is C18H21F3N4O2S. The Kier molecular flexibility index (Phi) is 7.14. The van der Waals surface area contributed by atoms with E-state index in [1.54, 1.807) is 0 Å². The van der Waals surface area contributed by atoms with Gasteiger partial charge in [-0.2, -0.15) is 18.3 Å². The van der Waals surface area contributed by atoms with Crippen LogP contribution in [0.15, 0.2) is 30.7 Å². The highest BCUT2D eigenvalue weighted by atomic mass is 32.1. The molecule has 3 aromatic rings. The quantitative estimate of drug-likeness (QED) is 0.663. The molecule has 0 aliphatic heterocycles. The number of fused-ring (bicyclic) bond motifs is 1. The maximum absolute atomic E-state index is 10.6.